The average Bonchev–Trinajstić information content (AvgIpc) is 3.50. The van der Waals surface area contributed by atoms with Gasteiger partial charge in [0.2, 0.25) is 5.91 Å². The smallest absolute Gasteiger partial charge is 0.283 e. The number of hydrogen-bond donors (Lipinski definition) is 1. The zero-order chi connectivity index (χ0) is 25.5. The fourth-order valence-corrected chi connectivity index (χ4v) is 4.75. The summed E-state index contributed by atoms with van der Waals surface area (Å²) in [6, 6.07) is 18.7. The first-order chi connectivity index (χ1) is 17.4. The van der Waals surface area contributed by atoms with Crippen molar-refractivity contribution in [2.45, 2.75) is 25.8 Å². The Kier molecular flexibility index (Phi) is 8.51. The van der Waals surface area contributed by atoms with E-state index in [0.29, 0.717) is 27.4 Å². The van der Waals surface area contributed by atoms with Crippen LogP contribution in [0.15, 0.2) is 82.0 Å². The Morgan fingerprint density at radius 2 is 2.03 bits per heavy atom. The Labute approximate surface area is 219 Å². The third-order valence-electron chi connectivity index (χ3n) is 5.49. The maximum atomic E-state index is 13.3. The predicted octanol–water partition coefficient (Wildman–Crippen LogP) is 5.56. The van der Waals surface area contributed by atoms with Crippen molar-refractivity contribution in [3.05, 3.63) is 89.0 Å². The van der Waals surface area contributed by atoms with Gasteiger partial charge in [0.05, 0.1) is 29.8 Å². The number of nitrogens with one attached hydrogen (secondary N) is 1. The van der Waals surface area contributed by atoms with Gasteiger partial charge in [-0.2, -0.15) is 0 Å². The van der Waals surface area contributed by atoms with Gasteiger partial charge < -0.3 is 14.5 Å². The molecule has 36 heavy (non-hydrogen) atoms. The molecule has 3 aromatic rings. The van der Waals surface area contributed by atoms with Crippen LogP contribution in [0.25, 0.3) is 6.08 Å². The highest BCUT2D eigenvalue weighted by molar-refractivity contribution is 8.14. The van der Waals surface area contributed by atoms with Gasteiger partial charge in [0, 0.05) is 12.1 Å². The molecule has 2 amide bonds. The van der Waals surface area contributed by atoms with E-state index in [1.807, 2.05) is 25.1 Å². The lowest BCUT2D eigenvalue weighted by Crippen LogP contribution is -2.36. The molecule has 186 valence electrons. The van der Waals surface area contributed by atoms with Crippen molar-refractivity contribution in [3.63, 3.8) is 0 Å². The summed E-state index contributed by atoms with van der Waals surface area (Å²) in [5.41, 5.74) is 1.96. The van der Waals surface area contributed by atoms with Gasteiger partial charge >= 0.3 is 0 Å². The number of furan rings is 1. The van der Waals surface area contributed by atoms with Crippen molar-refractivity contribution in [3.8, 4) is 5.75 Å². The molecular formula is C27H26ClN3O4S. The van der Waals surface area contributed by atoms with E-state index in [0.717, 1.165) is 12.8 Å². The SMILES string of the molecule is COc1ccc(N2C(=O)/C(=C\c3ccco3)N=C2SCC(=O)NC(C)CCc2ccccc2)cc1Cl. The van der Waals surface area contributed by atoms with Gasteiger partial charge in [0.25, 0.3) is 5.91 Å². The quantitative estimate of drug-likeness (QED) is 0.371. The van der Waals surface area contributed by atoms with Crippen molar-refractivity contribution in [2.24, 2.45) is 4.99 Å². The first kappa shape index (κ1) is 25.6. The number of amides is 2. The van der Waals surface area contributed by atoms with Crippen LogP contribution in [-0.2, 0) is 16.0 Å². The molecule has 0 fully saturated rings. The number of aliphatic imine (C=N–C) groups is 1. The molecule has 1 atom stereocenters. The second-order valence-corrected chi connectivity index (χ2v) is 9.53. The van der Waals surface area contributed by atoms with Crippen LogP contribution in [0.5, 0.6) is 5.75 Å². The molecule has 9 heteroatoms. The second-order valence-electron chi connectivity index (χ2n) is 8.18. The van der Waals surface area contributed by atoms with Gasteiger partial charge in [-0.1, -0.05) is 53.7 Å². The minimum atomic E-state index is -0.341. The van der Waals surface area contributed by atoms with Crippen molar-refractivity contribution < 1.29 is 18.7 Å². The molecule has 0 aliphatic carbocycles. The zero-order valence-corrected chi connectivity index (χ0v) is 21.5. The molecule has 4 rings (SSSR count). The van der Waals surface area contributed by atoms with Crippen LogP contribution < -0.4 is 15.0 Å². The number of nitrogens with zero attached hydrogens (tertiary/aromatic N) is 2. The summed E-state index contributed by atoms with van der Waals surface area (Å²) in [6.45, 7) is 1.98. The molecule has 0 saturated heterocycles. The van der Waals surface area contributed by atoms with Gasteiger partial charge in [-0.25, -0.2) is 4.99 Å². The average molecular weight is 524 g/mol. The van der Waals surface area contributed by atoms with E-state index in [9.17, 15) is 9.59 Å². The van der Waals surface area contributed by atoms with E-state index >= 15 is 0 Å². The lowest BCUT2D eigenvalue weighted by molar-refractivity contribution is -0.119. The number of carbonyl (C=O) groups excluding carboxylic acids is 2. The lowest BCUT2D eigenvalue weighted by atomic mass is 10.1. The summed E-state index contributed by atoms with van der Waals surface area (Å²) >= 11 is 7.49. The van der Waals surface area contributed by atoms with E-state index in [1.165, 1.54) is 35.6 Å². The molecule has 1 unspecified atom stereocenters. The summed E-state index contributed by atoms with van der Waals surface area (Å²) in [7, 11) is 1.52. The summed E-state index contributed by atoms with van der Waals surface area (Å²) in [6.07, 6.45) is 4.80. The van der Waals surface area contributed by atoms with Gasteiger partial charge in [0.1, 0.15) is 17.2 Å². The molecule has 7 nitrogen and oxygen atoms in total. The number of rotatable bonds is 9. The molecule has 0 bridgehead atoms. The lowest BCUT2D eigenvalue weighted by Gasteiger charge is -2.19. The normalized spacial score (nSPS) is 15.2. The van der Waals surface area contributed by atoms with Gasteiger partial charge in [0.15, 0.2) is 5.17 Å². The van der Waals surface area contributed by atoms with Crippen molar-refractivity contribution in [2.75, 3.05) is 17.8 Å². The van der Waals surface area contributed by atoms with Gasteiger partial charge in [-0.05, 0) is 55.7 Å². The van der Waals surface area contributed by atoms with Crippen LogP contribution in [0, 0.1) is 0 Å². The first-order valence-corrected chi connectivity index (χ1v) is 12.8. The van der Waals surface area contributed by atoms with Crippen LogP contribution >= 0.6 is 23.4 Å². The largest absolute Gasteiger partial charge is 0.495 e. The summed E-state index contributed by atoms with van der Waals surface area (Å²) in [5, 5.41) is 3.77. The molecule has 1 aliphatic heterocycles. The number of methoxy groups -OCH3 is 1. The summed E-state index contributed by atoms with van der Waals surface area (Å²) in [4.78, 5) is 31.9. The van der Waals surface area contributed by atoms with E-state index in [4.69, 9.17) is 20.8 Å². The monoisotopic (exact) mass is 523 g/mol. The number of ether oxygens (including phenoxy) is 1. The highest BCUT2D eigenvalue weighted by Crippen LogP contribution is 2.34. The predicted molar refractivity (Wildman–Crippen MR) is 144 cm³/mol. The standard InChI is InChI=1S/C27H26ClN3O4S/c1-18(10-11-19-7-4-3-5-8-19)29-25(32)17-36-27-30-23(16-21-9-6-14-35-21)26(33)31(27)20-12-13-24(34-2)22(28)15-20/h3-9,12-16,18H,10-11,17H2,1-2H3,(H,29,32)/b23-16+. The zero-order valence-electron chi connectivity index (χ0n) is 19.9. The minimum Gasteiger partial charge on any atom is -0.495 e. The van der Waals surface area contributed by atoms with Crippen molar-refractivity contribution in [1.82, 2.24) is 5.32 Å². The number of halogens is 1. The Morgan fingerprint density at radius 3 is 2.72 bits per heavy atom. The molecule has 1 N–H and O–H groups in total. The van der Waals surface area contributed by atoms with Crippen LogP contribution in [0.2, 0.25) is 5.02 Å². The number of carbonyl (C=O) groups is 2. The maximum absolute atomic E-state index is 13.3. The Hall–Kier alpha value is -3.49. The number of anilines is 1. The number of benzene rings is 2. The van der Waals surface area contributed by atoms with Gasteiger partial charge in [-0.15, -0.1) is 0 Å². The third-order valence-corrected chi connectivity index (χ3v) is 6.73. The molecule has 2 aromatic carbocycles. The highest BCUT2D eigenvalue weighted by atomic mass is 35.5. The number of aryl methyl sites for hydroxylation is 1. The summed E-state index contributed by atoms with van der Waals surface area (Å²) < 4.78 is 10.6. The fourth-order valence-electron chi connectivity index (χ4n) is 3.67. The van der Waals surface area contributed by atoms with E-state index < -0.39 is 0 Å². The Balaban J connectivity index is 1.45. The van der Waals surface area contributed by atoms with Crippen molar-refractivity contribution >= 4 is 52.1 Å². The van der Waals surface area contributed by atoms with E-state index in [-0.39, 0.29) is 29.3 Å². The maximum Gasteiger partial charge on any atom is 0.283 e. The molecule has 0 saturated carbocycles. The first-order valence-electron chi connectivity index (χ1n) is 11.4. The molecular weight excluding hydrogens is 498 g/mol. The third kappa shape index (κ3) is 6.38. The van der Waals surface area contributed by atoms with E-state index in [2.05, 4.69) is 22.4 Å². The minimum absolute atomic E-state index is 0.0105. The fraction of sp³-hybridized carbons (Fsp3) is 0.222. The number of hydrogen-bond acceptors (Lipinski definition) is 6. The van der Waals surface area contributed by atoms with Gasteiger partial charge in [-0.3, -0.25) is 14.5 Å². The molecule has 1 aliphatic rings. The molecule has 0 spiro atoms. The number of amidine groups is 1. The topological polar surface area (TPSA) is 84.1 Å². The highest BCUT2D eigenvalue weighted by Gasteiger charge is 2.33. The van der Waals surface area contributed by atoms with Crippen LogP contribution in [0.4, 0.5) is 5.69 Å². The van der Waals surface area contributed by atoms with Crippen LogP contribution in [0.3, 0.4) is 0 Å². The Bertz CT molecular complexity index is 1280. The summed E-state index contributed by atoms with van der Waals surface area (Å²) in [5.74, 6) is 0.633. The molecule has 1 aromatic heterocycles. The van der Waals surface area contributed by atoms with Crippen LogP contribution in [0.1, 0.15) is 24.7 Å². The van der Waals surface area contributed by atoms with E-state index in [1.54, 1.807) is 36.4 Å². The Morgan fingerprint density at radius 1 is 1.22 bits per heavy atom. The molecule has 0 radical (unpaired) electrons. The van der Waals surface area contributed by atoms with Crippen LogP contribution in [-0.4, -0.2) is 35.9 Å². The van der Waals surface area contributed by atoms with Crippen molar-refractivity contribution in [1.29, 1.82) is 0 Å². The number of thioether (sulfide) groups is 1. The second kappa shape index (κ2) is 12.0. The molecule has 2 heterocycles.